The average Bonchev–Trinajstić information content (AvgIpc) is 3.02. The lowest BCUT2D eigenvalue weighted by atomic mass is 10.0. The van der Waals surface area contributed by atoms with E-state index < -0.39 is 10.0 Å². The van der Waals surface area contributed by atoms with E-state index in [-0.39, 0.29) is 5.92 Å². The minimum absolute atomic E-state index is 0.274. The van der Waals surface area contributed by atoms with Crippen molar-refractivity contribution < 1.29 is 13.2 Å². The highest BCUT2D eigenvalue weighted by Gasteiger charge is 2.29. The van der Waals surface area contributed by atoms with Crippen LogP contribution in [0, 0.1) is 12.8 Å². The van der Waals surface area contributed by atoms with Gasteiger partial charge in [0, 0.05) is 32.0 Å². The van der Waals surface area contributed by atoms with E-state index in [1.54, 1.807) is 18.2 Å². The predicted molar refractivity (Wildman–Crippen MR) is 93.3 cm³/mol. The second kappa shape index (κ2) is 6.27. The summed E-state index contributed by atoms with van der Waals surface area (Å²) in [5.74, 6) is 1.90. The van der Waals surface area contributed by atoms with Gasteiger partial charge < -0.3 is 9.64 Å². The number of hydrogen-bond donors (Lipinski definition) is 1. The summed E-state index contributed by atoms with van der Waals surface area (Å²) in [5.41, 5.74) is 1.84. The summed E-state index contributed by atoms with van der Waals surface area (Å²) in [6.45, 7) is 4.49. The molecule has 0 aliphatic carbocycles. The standard InChI is InChI=1S/C17H20N4O3S/c1-12-2-5-17(20-19-12)21-10-13(11-21)9-18-25(22,23)15-3-4-16-14(8-15)6-7-24-16/h2-5,8,13,18H,6-7,9-11H2,1H3. The summed E-state index contributed by atoms with van der Waals surface area (Å²) in [5, 5.41) is 8.20. The monoisotopic (exact) mass is 360 g/mol. The first-order chi connectivity index (χ1) is 12.0. The average molecular weight is 360 g/mol. The second-order valence-corrected chi connectivity index (χ2v) is 8.29. The molecule has 0 saturated carbocycles. The number of sulfonamides is 1. The quantitative estimate of drug-likeness (QED) is 0.861. The maximum atomic E-state index is 12.5. The Morgan fingerprint density at radius 2 is 2.08 bits per heavy atom. The Hall–Kier alpha value is -2.19. The van der Waals surface area contributed by atoms with E-state index in [1.165, 1.54) is 0 Å². The first-order valence-corrected chi connectivity index (χ1v) is 9.80. The zero-order valence-electron chi connectivity index (χ0n) is 14.0. The van der Waals surface area contributed by atoms with Gasteiger partial charge in [-0.2, -0.15) is 5.10 Å². The maximum Gasteiger partial charge on any atom is 0.240 e. The van der Waals surface area contributed by atoms with Gasteiger partial charge in [0.25, 0.3) is 0 Å². The van der Waals surface area contributed by atoms with Gasteiger partial charge in [0.15, 0.2) is 5.82 Å². The molecule has 0 amide bonds. The summed E-state index contributed by atoms with van der Waals surface area (Å²) in [7, 11) is -3.49. The first-order valence-electron chi connectivity index (χ1n) is 8.32. The number of nitrogens with one attached hydrogen (secondary N) is 1. The molecular weight excluding hydrogens is 340 g/mol. The SMILES string of the molecule is Cc1ccc(N2CC(CNS(=O)(=O)c3ccc4c(c3)CCO4)C2)nn1. The number of nitrogens with zero attached hydrogens (tertiary/aromatic N) is 3. The fourth-order valence-corrected chi connectivity index (χ4v) is 4.25. The number of ether oxygens (including phenoxy) is 1. The fourth-order valence-electron chi connectivity index (χ4n) is 3.09. The molecule has 4 rings (SSSR count). The Morgan fingerprint density at radius 3 is 2.84 bits per heavy atom. The lowest BCUT2D eigenvalue weighted by Crippen LogP contribution is -2.51. The van der Waals surface area contributed by atoms with Crippen LogP contribution in [0.1, 0.15) is 11.3 Å². The molecule has 1 aromatic heterocycles. The highest BCUT2D eigenvalue weighted by atomic mass is 32.2. The summed E-state index contributed by atoms with van der Waals surface area (Å²) >= 11 is 0. The van der Waals surface area contributed by atoms with Crippen LogP contribution in [0.4, 0.5) is 5.82 Å². The molecule has 0 atom stereocenters. The van der Waals surface area contributed by atoms with E-state index in [0.29, 0.717) is 18.0 Å². The molecule has 0 radical (unpaired) electrons. The number of aryl methyl sites for hydroxylation is 1. The Balaban J connectivity index is 1.33. The van der Waals surface area contributed by atoms with Gasteiger partial charge >= 0.3 is 0 Å². The van der Waals surface area contributed by atoms with Crippen molar-refractivity contribution in [2.45, 2.75) is 18.2 Å². The molecule has 1 aromatic carbocycles. The Morgan fingerprint density at radius 1 is 1.24 bits per heavy atom. The number of rotatable bonds is 5. The van der Waals surface area contributed by atoms with Crippen molar-refractivity contribution in [2.75, 3.05) is 31.1 Å². The third-order valence-corrected chi connectivity index (χ3v) is 6.02. The van der Waals surface area contributed by atoms with Crippen LogP contribution < -0.4 is 14.4 Å². The zero-order valence-corrected chi connectivity index (χ0v) is 14.8. The number of anilines is 1. The van der Waals surface area contributed by atoms with Gasteiger partial charge in [0.2, 0.25) is 10.0 Å². The smallest absolute Gasteiger partial charge is 0.240 e. The second-order valence-electron chi connectivity index (χ2n) is 6.52. The van der Waals surface area contributed by atoms with E-state index in [2.05, 4.69) is 19.8 Å². The van der Waals surface area contributed by atoms with Crippen LogP contribution in [0.5, 0.6) is 5.75 Å². The molecule has 2 aromatic rings. The van der Waals surface area contributed by atoms with E-state index in [4.69, 9.17) is 4.74 Å². The summed E-state index contributed by atoms with van der Waals surface area (Å²) in [6.07, 6.45) is 0.758. The van der Waals surface area contributed by atoms with Gasteiger partial charge in [-0.1, -0.05) is 0 Å². The largest absolute Gasteiger partial charge is 0.493 e. The molecule has 7 nitrogen and oxygen atoms in total. The van der Waals surface area contributed by atoms with Crippen LogP contribution >= 0.6 is 0 Å². The van der Waals surface area contributed by atoms with Crippen LogP contribution in [0.3, 0.4) is 0 Å². The molecule has 0 spiro atoms. The number of hydrogen-bond acceptors (Lipinski definition) is 6. The number of aromatic nitrogens is 2. The van der Waals surface area contributed by atoms with Crippen molar-refractivity contribution in [2.24, 2.45) is 5.92 Å². The molecule has 1 saturated heterocycles. The van der Waals surface area contributed by atoms with Crippen LogP contribution in [-0.4, -0.2) is 44.9 Å². The molecule has 132 valence electrons. The first kappa shape index (κ1) is 16.3. The lowest BCUT2D eigenvalue weighted by Gasteiger charge is -2.39. The molecule has 2 aliphatic heterocycles. The van der Waals surface area contributed by atoms with E-state index >= 15 is 0 Å². The van der Waals surface area contributed by atoms with Crippen molar-refractivity contribution in [1.82, 2.24) is 14.9 Å². The van der Waals surface area contributed by atoms with Crippen LogP contribution in [-0.2, 0) is 16.4 Å². The minimum atomic E-state index is -3.49. The number of fused-ring (bicyclic) bond motifs is 1. The van der Waals surface area contributed by atoms with Crippen LogP contribution in [0.15, 0.2) is 35.2 Å². The predicted octanol–water partition coefficient (Wildman–Crippen LogP) is 1.13. The molecular formula is C17H20N4O3S. The highest BCUT2D eigenvalue weighted by molar-refractivity contribution is 7.89. The van der Waals surface area contributed by atoms with Crippen molar-refractivity contribution in [3.63, 3.8) is 0 Å². The van der Waals surface area contributed by atoms with Crippen LogP contribution in [0.2, 0.25) is 0 Å². The van der Waals surface area contributed by atoms with Crippen molar-refractivity contribution >= 4 is 15.8 Å². The molecule has 1 fully saturated rings. The molecule has 25 heavy (non-hydrogen) atoms. The van der Waals surface area contributed by atoms with Crippen molar-refractivity contribution in [1.29, 1.82) is 0 Å². The minimum Gasteiger partial charge on any atom is -0.493 e. The number of benzene rings is 1. The van der Waals surface area contributed by atoms with Gasteiger partial charge in [0.05, 0.1) is 17.2 Å². The molecule has 1 N–H and O–H groups in total. The van der Waals surface area contributed by atoms with Crippen molar-refractivity contribution in [3.05, 3.63) is 41.6 Å². The van der Waals surface area contributed by atoms with E-state index in [0.717, 1.165) is 42.3 Å². The van der Waals surface area contributed by atoms with Gasteiger partial charge in [-0.15, -0.1) is 5.10 Å². The van der Waals surface area contributed by atoms with Gasteiger partial charge in [-0.25, -0.2) is 13.1 Å². The van der Waals surface area contributed by atoms with Gasteiger partial charge in [-0.3, -0.25) is 0 Å². The third kappa shape index (κ3) is 3.32. The van der Waals surface area contributed by atoms with Gasteiger partial charge in [-0.05, 0) is 42.8 Å². The third-order valence-electron chi connectivity index (χ3n) is 4.60. The molecule has 0 bridgehead atoms. The normalized spacial score (nSPS) is 17.1. The Bertz CT molecular complexity index is 877. The Kier molecular flexibility index (Phi) is 4.09. The molecule has 2 aliphatic rings. The van der Waals surface area contributed by atoms with Gasteiger partial charge in [0.1, 0.15) is 5.75 Å². The van der Waals surface area contributed by atoms with Crippen molar-refractivity contribution in [3.8, 4) is 5.75 Å². The lowest BCUT2D eigenvalue weighted by molar-refractivity contribution is 0.356. The van der Waals surface area contributed by atoms with E-state index in [9.17, 15) is 8.42 Å². The molecule has 0 unspecified atom stereocenters. The maximum absolute atomic E-state index is 12.5. The van der Waals surface area contributed by atoms with E-state index in [1.807, 2.05) is 19.1 Å². The molecule has 8 heteroatoms. The summed E-state index contributed by atoms with van der Waals surface area (Å²) < 4.78 is 33.1. The molecule has 3 heterocycles. The Labute approximate surface area is 147 Å². The fraction of sp³-hybridized carbons (Fsp3) is 0.412. The summed E-state index contributed by atoms with van der Waals surface area (Å²) in [4.78, 5) is 2.40. The topological polar surface area (TPSA) is 84.4 Å². The zero-order chi connectivity index (χ0) is 17.4. The van der Waals surface area contributed by atoms with Crippen LogP contribution in [0.25, 0.3) is 0 Å². The summed E-state index contributed by atoms with van der Waals surface area (Å²) in [6, 6.07) is 8.91. The highest BCUT2D eigenvalue weighted by Crippen LogP contribution is 2.28.